The normalized spacial score (nSPS) is 21.8. The maximum atomic E-state index is 13.8. The van der Waals surface area contributed by atoms with Crippen LogP contribution in [0.25, 0.3) is 6.08 Å². The van der Waals surface area contributed by atoms with Crippen LogP contribution in [0.2, 0.25) is 0 Å². The van der Waals surface area contributed by atoms with E-state index in [1.54, 1.807) is 6.20 Å². The lowest BCUT2D eigenvalue weighted by Crippen LogP contribution is -2.38. The molecule has 1 fully saturated rings. The van der Waals surface area contributed by atoms with Crippen LogP contribution < -0.4 is 5.32 Å². The van der Waals surface area contributed by atoms with Gasteiger partial charge < -0.3 is 5.32 Å². The first-order valence-corrected chi connectivity index (χ1v) is 8.49. The number of aromatic nitrogens is 2. The lowest BCUT2D eigenvalue weighted by atomic mass is 10.2. The van der Waals surface area contributed by atoms with E-state index in [2.05, 4.69) is 39.6 Å². The van der Waals surface area contributed by atoms with Crippen LogP contribution in [0.3, 0.4) is 0 Å². The Bertz CT molecular complexity index is 652. The Kier molecular flexibility index (Phi) is 5.77. The summed E-state index contributed by atoms with van der Waals surface area (Å²) < 4.78 is 15.7. The molecule has 1 N–H and O–H groups in total. The summed E-state index contributed by atoms with van der Waals surface area (Å²) in [4.78, 5) is 2.22. The van der Waals surface area contributed by atoms with Crippen LogP contribution in [0.15, 0.2) is 48.7 Å². The highest BCUT2D eigenvalue weighted by Crippen LogP contribution is 2.22. The molecule has 0 radical (unpaired) electrons. The third kappa shape index (κ3) is 4.52. The van der Waals surface area contributed by atoms with E-state index in [4.69, 9.17) is 0 Å². The van der Waals surface area contributed by atoms with E-state index in [0.717, 1.165) is 25.3 Å². The first-order valence-electron chi connectivity index (χ1n) is 8.49. The monoisotopic (exact) mass is 328 g/mol. The number of alkyl halides is 1. The highest BCUT2D eigenvalue weighted by molar-refractivity contribution is 5.48. The number of rotatable bonds is 7. The highest BCUT2D eigenvalue weighted by atomic mass is 19.1. The van der Waals surface area contributed by atoms with Gasteiger partial charge in [0.15, 0.2) is 0 Å². The number of nitrogens with one attached hydrogen (secondary N) is 1. The molecule has 1 aromatic heterocycles. The Morgan fingerprint density at radius 3 is 2.88 bits per heavy atom. The molecular formula is C19H25FN4. The van der Waals surface area contributed by atoms with Gasteiger partial charge in [-0.05, 0) is 18.1 Å². The van der Waals surface area contributed by atoms with Gasteiger partial charge in [-0.3, -0.25) is 9.58 Å². The molecule has 2 aromatic rings. The molecule has 1 aromatic carbocycles. The van der Waals surface area contributed by atoms with E-state index in [9.17, 15) is 4.39 Å². The standard InChI is InChI=1S/C19H25FN4/c1-23-18(9-11-22-23)15-24-14-17(20)12-19(24)13-21-10-5-8-16-6-3-2-4-7-16/h2-9,11,17,19,21H,10,12-15H2,1H3/b8-5+/t17-,19-/m0/s1. The summed E-state index contributed by atoms with van der Waals surface area (Å²) in [6, 6.07) is 12.5. The zero-order valence-electron chi connectivity index (χ0n) is 14.1. The van der Waals surface area contributed by atoms with E-state index in [-0.39, 0.29) is 6.04 Å². The van der Waals surface area contributed by atoms with Crippen molar-refractivity contribution < 1.29 is 4.39 Å². The molecule has 5 heteroatoms. The SMILES string of the molecule is Cn1nccc1CN1C[C@@H](F)C[C@H]1CNC/C=C/c1ccccc1. The Morgan fingerprint density at radius 2 is 2.12 bits per heavy atom. The second kappa shape index (κ2) is 8.22. The summed E-state index contributed by atoms with van der Waals surface area (Å²) in [6.07, 6.45) is 5.88. The Balaban J connectivity index is 1.46. The van der Waals surface area contributed by atoms with Gasteiger partial charge in [-0.15, -0.1) is 0 Å². The van der Waals surface area contributed by atoms with E-state index >= 15 is 0 Å². The molecule has 0 aliphatic carbocycles. The average Bonchev–Trinajstić information content (AvgIpc) is 3.14. The van der Waals surface area contributed by atoms with Crippen molar-refractivity contribution in [1.82, 2.24) is 20.0 Å². The van der Waals surface area contributed by atoms with Gasteiger partial charge in [-0.2, -0.15) is 5.10 Å². The topological polar surface area (TPSA) is 33.1 Å². The molecule has 0 saturated carbocycles. The second-order valence-electron chi connectivity index (χ2n) is 6.33. The van der Waals surface area contributed by atoms with Crippen LogP contribution in [0.1, 0.15) is 17.7 Å². The first kappa shape index (κ1) is 16.9. The second-order valence-corrected chi connectivity index (χ2v) is 6.33. The summed E-state index contributed by atoms with van der Waals surface area (Å²) in [5.41, 5.74) is 2.32. The lowest BCUT2D eigenvalue weighted by Gasteiger charge is -2.24. The third-order valence-corrected chi connectivity index (χ3v) is 4.52. The van der Waals surface area contributed by atoms with Crippen LogP contribution in [0.5, 0.6) is 0 Å². The first-order chi connectivity index (χ1) is 11.7. The average molecular weight is 328 g/mol. The van der Waals surface area contributed by atoms with Crippen molar-refractivity contribution in [3.8, 4) is 0 Å². The molecule has 4 nitrogen and oxygen atoms in total. The Labute approximate surface area is 143 Å². The molecule has 3 rings (SSSR count). The van der Waals surface area contributed by atoms with Crippen molar-refractivity contribution in [3.63, 3.8) is 0 Å². The van der Waals surface area contributed by atoms with Gasteiger partial charge in [0.25, 0.3) is 0 Å². The number of aryl methyl sites for hydroxylation is 1. The highest BCUT2D eigenvalue weighted by Gasteiger charge is 2.31. The maximum Gasteiger partial charge on any atom is 0.114 e. The molecule has 0 bridgehead atoms. The summed E-state index contributed by atoms with van der Waals surface area (Å²) in [5, 5.41) is 7.61. The molecule has 1 aliphatic rings. The summed E-state index contributed by atoms with van der Waals surface area (Å²) in [5.74, 6) is 0. The smallest absolute Gasteiger partial charge is 0.114 e. The number of nitrogens with zero attached hydrogens (tertiary/aromatic N) is 3. The van der Waals surface area contributed by atoms with Crippen molar-refractivity contribution in [2.75, 3.05) is 19.6 Å². The van der Waals surface area contributed by atoms with Gasteiger partial charge in [-0.1, -0.05) is 42.5 Å². The summed E-state index contributed by atoms with van der Waals surface area (Å²) >= 11 is 0. The zero-order chi connectivity index (χ0) is 16.8. The minimum absolute atomic E-state index is 0.236. The van der Waals surface area contributed by atoms with Crippen molar-refractivity contribution in [3.05, 3.63) is 59.9 Å². The predicted molar refractivity (Wildman–Crippen MR) is 95.3 cm³/mol. The minimum Gasteiger partial charge on any atom is -0.312 e. The van der Waals surface area contributed by atoms with Gasteiger partial charge in [0.05, 0.1) is 5.69 Å². The van der Waals surface area contributed by atoms with Crippen molar-refractivity contribution in [1.29, 1.82) is 0 Å². The van der Waals surface area contributed by atoms with E-state index in [0.29, 0.717) is 13.0 Å². The van der Waals surface area contributed by atoms with E-state index < -0.39 is 6.17 Å². The predicted octanol–water partition coefficient (Wildman–Crippen LogP) is 2.64. The number of likely N-dealkylation sites (tertiary alicyclic amines) is 1. The Hall–Kier alpha value is -1.98. The van der Waals surface area contributed by atoms with Crippen molar-refractivity contribution in [2.24, 2.45) is 7.05 Å². The van der Waals surface area contributed by atoms with Crippen LogP contribution in [0.4, 0.5) is 4.39 Å². The van der Waals surface area contributed by atoms with Crippen LogP contribution >= 0.6 is 0 Å². The molecule has 1 saturated heterocycles. The molecule has 2 heterocycles. The van der Waals surface area contributed by atoms with Crippen molar-refractivity contribution >= 4 is 6.08 Å². The van der Waals surface area contributed by atoms with Gasteiger partial charge in [0.2, 0.25) is 0 Å². The van der Waals surface area contributed by atoms with Crippen molar-refractivity contribution in [2.45, 2.75) is 25.2 Å². The molecule has 1 aliphatic heterocycles. The molecule has 128 valence electrons. The van der Waals surface area contributed by atoms with Crippen LogP contribution in [-0.2, 0) is 13.6 Å². The summed E-state index contributed by atoms with van der Waals surface area (Å²) in [7, 11) is 1.93. The van der Waals surface area contributed by atoms with Crippen LogP contribution in [0, 0.1) is 0 Å². The lowest BCUT2D eigenvalue weighted by molar-refractivity contribution is 0.226. The van der Waals surface area contributed by atoms with Crippen LogP contribution in [-0.4, -0.2) is 46.5 Å². The molecule has 2 atom stereocenters. The minimum atomic E-state index is -0.732. The quantitative estimate of drug-likeness (QED) is 0.793. The fraction of sp³-hybridized carbons (Fsp3) is 0.421. The number of halogens is 1. The number of hydrogen-bond acceptors (Lipinski definition) is 3. The number of hydrogen-bond donors (Lipinski definition) is 1. The largest absolute Gasteiger partial charge is 0.312 e. The van der Waals surface area contributed by atoms with Gasteiger partial charge in [-0.25, -0.2) is 4.39 Å². The molecule has 0 amide bonds. The molecule has 0 spiro atoms. The summed E-state index contributed by atoms with van der Waals surface area (Å²) in [6.45, 7) is 2.86. The zero-order valence-corrected chi connectivity index (χ0v) is 14.1. The van der Waals surface area contributed by atoms with Gasteiger partial charge in [0, 0.05) is 45.5 Å². The van der Waals surface area contributed by atoms with E-state index in [1.807, 2.05) is 36.0 Å². The fourth-order valence-electron chi connectivity index (χ4n) is 3.19. The number of benzene rings is 1. The maximum absolute atomic E-state index is 13.8. The molecule has 24 heavy (non-hydrogen) atoms. The van der Waals surface area contributed by atoms with Gasteiger partial charge in [0.1, 0.15) is 6.17 Å². The fourth-order valence-corrected chi connectivity index (χ4v) is 3.19. The van der Waals surface area contributed by atoms with E-state index in [1.165, 1.54) is 5.56 Å². The Morgan fingerprint density at radius 1 is 1.29 bits per heavy atom. The van der Waals surface area contributed by atoms with Gasteiger partial charge >= 0.3 is 0 Å². The molecule has 0 unspecified atom stereocenters. The third-order valence-electron chi connectivity index (χ3n) is 4.52. The molecular weight excluding hydrogens is 303 g/mol.